The lowest BCUT2D eigenvalue weighted by molar-refractivity contribution is 0.102. The molecule has 1 aliphatic heterocycles. The molecule has 0 radical (unpaired) electrons. The zero-order valence-electron chi connectivity index (χ0n) is 14.8. The highest BCUT2D eigenvalue weighted by molar-refractivity contribution is 6.34. The molecule has 29 heavy (non-hydrogen) atoms. The van der Waals surface area contributed by atoms with E-state index in [-0.39, 0.29) is 34.3 Å². The van der Waals surface area contributed by atoms with E-state index < -0.39 is 18.1 Å². The molecule has 1 aromatic carbocycles. The Labute approximate surface area is 175 Å². The first-order valence-corrected chi connectivity index (χ1v) is 9.38. The summed E-state index contributed by atoms with van der Waals surface area (Å²) in [6, 6.07) is 7.85. The minimum atomic E-state index is -1.25. The van der Waals surface area contributed by atoms with Crippen LogP contribution in [0, 0.1) is 17.2 Å². The highest BCUT2D eigenvalue weighted by atomic mass is 35.5. The molecule has 0 saturated heterocycles. The van der Waals surface area contributed by atoms with Crippen molar-refractivity contribution in [3.05, 3.63) is 57.3 Å². The van der Waals surface area contributed by atoms with Crippen molar-refractivity contribution in [2.75, 3.05) is 12.0 Å². The molecular formula is C19H14Cl2FN5O2. The van der Waals surface area contributed by atoms with Crippen molar-refractivity contribution in [2.24, 2.45) is 16.6 Å². The number of carbonyl (C=O) groups is 1. The number of fused-ring (bicyclic) bond motifs is 1. The third-order valence-electron chi connectivity index (χ3n) is 5.01. The van der Waals surface area contributed by atoms with Crippen molar-refractivity contribution in [1.82, 2.24) is 4.98 Å². The predicted octanol–water partition coefficient (Wildman–Crippen LogP) is 3.41. The quantitative estimate of drug-likeness (QED) is 0.766. The number of nitrogens with two attached hydrogens (primary N) is 1. The van der Waals surface area contributed by atoms with Crippen LogP contribution in [-0.4, -0.2) is 29.7 Å². The highest BCUT2D eigenvalue weighted by Gasteiger charge is 2.59. The number of nitrogens with one attached hydrogen (secondary N) is 1. The van der Waals surface area contributed by atoms with Gasteiger partial charge in [0.25, 0.3) is 11.9 Å². The van der Waals surface area contributed by atoms with E-state index in [9.17, 15) is 9.18 Å². The maximum Gasteiger partial charge on any atom is 0.283 e. The fourth-order valence-electron chi connectivity index (χ4n) is 3.52. The number of alkyl halides is 1. The fourth-order valence-corrected chi connectivity index (χ4v) is 4.05. The topological polar surface area (TPSA) is 113 Å². The number of amides is 1. The molecule has 0 spiro atoms. The number of nitriles is 1. The van der Waals surface area contributed by atoms with Crippen LogP contribution in [0.2, 0.25) is 10.0 Å². The van der Waals surface area contributed by atoms with Crippen molar-refractivity contribution in [2.45, 2.75) is 18.1 Å². The fraction of sp³-hybridized carbons (Fsp3) is 0.263. The smallest absolute Gasteiger partial charge is 0.283 e. The molecule has 0 bridgehead atoms. The SMILES string of the molecule is N#Cc1cnc(C(=O)Nc2ccc(Cl)c([C@@]3(CF)N=C(N)O[C@@H]4CC43)c2)c(Cl)c1. The average Bonchev–Trinajstić information content (AvgIpc) is 3.48. The number of carbonyl (C=O) groups excluding carboxylic acids is 1. The second-order valence-electron chi connectivity index (χ2n) is 6.82. The number of pyridine rings is 1. The lowest BCUT2D eigenvalue weighted by Gasteiger charge is -2.32. The maximum absolute atomic E-state index is 14.2. The summed E-state index contributed by atoms with van der Waals surface area (Å²) >= 11 is 12.4. The Hall–Kier alpha value is -2.89. The number of hydrogen-bond donors (Lipinski definition) is 2. The summed E-state index contributed by atoms with van der Waals surface area (Å²) in [6.07, 6.45) is 1.67. The van der Waals surface area contributed by atoms with Crippen LogP contribution in [0.1, 0.15) is 28.0 Å². The van der Waals surface area contributed by atoms with Gasteiger partial charge in [0, 0.05) is 28.4 Å². The van der Waals surface area contributed by atoms with Gasteiger partial charge in [0.2, 0.25) is 0 Å². The molecule has 2 aliphatic rings. The normalized spacial score (nSPS) is 24.6. The van der Waals surface area contributed by atoms with Crippen LogP contribution >= 0.6 is 23.2 Å². The van der Waals surface area contributed by atoms with Crippen LogP contribution in [-0.2, 0) is 10.3 Å². The van der Waals surface area contributed by atoms with Gasteiger partial charge < -0.3 is 15.8 Å². The Morgan fingerprint density at radius 3 is 2.90 bits per heavy atom. The lowest BCUT2D eigenvalue weighted by atomic mass is 9.85. The zero-order chi connectivity index (χ0) is 20.8. The maximum atomic E-state index is 14.2. The van der Waals surface area contributed by atoms with E-state index in [1.807, 2.05) is 6.07 Å². The standard InChI is InChI=1S/C19H14Cl2FN5O2/c20-13-2-1-10(26-17(28)16-14(21)3-9(6-23)7-25-16)4-11(13)19(8-22)12-5-15(12)29-18(24)27-19/h1-4,7,12,15H,5,8H2,(H2,24,27)(H,26,28)/t12?,15-,19-/m1/s1. The molecule has 3 N–H and O–H groups in total. The van der Waals surface area contributed by atoms with E-state index in [1.54, 1.807) is 18.2 Å². The number of hydrogen-bond acceptors (Lipinski definition) is 6. The molecule has 148 valence electrons. The van der Waals surface area contributed by atoms with Gasteiger partial charge in [-0.3, -0.25) is 4.79 Å². The second-order valence-corrected chi connectivity index (χ2v) is 7.64. The van der Waals surface area contributed by atoms with Gasteiger partial charge in [-0.15, -0.1) is 0 Å². The molecule has 10 heteroatoms. The Bertz CT molecular complexity index is 1090. The summed E-state index contributed by atoms with van der Waals surface area (Å²) in [6.45, 7) is -0.807. The molecular weight excluding hydrogens is 420 g/mol. The molecule has 3 atom stereocenters. The number of nitrogens with zero attached hydrogens (tertiary/aromatic N) is 3. The molecule has 1 amide bonds. The minimum absolute atomic E-state index is 0.0404. The Morgan fingerprint density at radius 1 is 1.41 bits per heavy atom. The first-order valence-electron chi connectivity index (χ1n) is 8.63. The monoisotopic (exact) mass is 433 g/mol. The van der Waals surface area contributed by atoms with Crippen molar-refractivity contribution in [3.63, 3.8) is 0 Å². The summed E-state index contributed by atoms with van der Waals surface area (Å²) in [4.78, 5) is 20.7. The van der Waals surface area contributed by atoms with E-state index >= 15 is 0 Å². The first-order chi connectivity index (χ1) is 13.9. The summed E-state index contributed by atoms with van der Waals surface area (Å²) in [5.41, 5.74) is 5.44. The number of benzene rings is 1. The summed E-state index contributed by atoms with van der Waals surface area (Å²) in [5, 5.41) is 11.9. The van der Waals surface area contributed by atoms with Gasteiger partial charge in [-0.05, 0) is 30.7 Å². The predicted molar refractivity (Wildman–Crippen MR) is 106 cm³/mol. The molecule has 1 fully saturated rings. The van der Waals surface area contributed by atoms with Gasteiger partial charge in [-0.1, -0.05) is 23.2 Å². The number of rotatable bonds is 4. The van der Waals surface area contributed by atoms with Crippen LogP contribution in [0.4, 0.5) is 10.1 Å². The molecule has 1 saturated carbocycles. The number of ether oxygens (including phenoxy) is 1. The van der Waals surface area contributed by atoms with Crippen LogP contribution in [0.3, 0.4) is 0 Å². The molecule has 1 aliphatic carbocycles. The van der Waals surface area contributed by atoms with E-state index in [4.69, 9.17) is 38.9 Å². The Balaban J connectivity index is 1.67. The van der Waals surface area contributed by atoms with E-state index in [0.717, 1.165) is 0 Å². The van der Waals surface area contributed by atoms with E-state index in [0.29, 0.717) is 22.7 Å². The largest absolute Gasteiger partial charge is 0.462 e. The molecule has 2 heterocycles. The van der Waals surface area contributed by atoms with Gasteiger partial charge in [-0.2, -0.15) is 5.26 Å². The second kappa shape index (κ2) is 7.17. The summed E-state index contributed by atoms with van der Waals surface area (Å²) < 4.78 is 19.6. The number of aliphatic imine (C=N–C) groups is 1. The zero-order valence-corrected chi connectivity index (χ0v) is 16.3. The van der Waals surface area contributed by atoms with Gasteiger partial charge in [0.15, 0.2) is 0 Å². The number of aromatic nitrogens is 1. The molecule has 1 aromatic heterocycles. The van der Waals surface area contributed by atoms with Crippen molar-refractivity contribution in [1.29, 1.82) is 5.26 Å². The van der Waals surface area contributed by atoms with Gasteiger partial charge in [0.05, 0.1) is 10.6 Å². The van der Waals surface area contributed by atoms with E-state index in [2.05, 4.69) is 15.3 Å². The molecule has 2 aromatic rings. The van der Waals surface area contributed by atoms with Crippen LogP contribution in [0.5, 0.6) is 0 Å². The molecule has 7 nitrogen and oxygen atoms in total. The number of amidine groups is 1. The highest BCUT2D eigenvalue weighted by Crippen LogP contribution is 2.54. The Morgan fingerprint density at radius 2 is 2.21 bits per heavy atom. The van der Waals surface area contributed by atoms with Gasteiger partial charge >= 0.3 is 0 Å². The summed E-state index contributed by atoms with van der Waals surface area (Å²) in [7, 11) is 0. The van der Waals surface area contributed by atoms with E-state index in [1.165, 1.54) is 12.3 Å². The summed E-state index contributed by atoms with van der Waals surface area (Å²) in [5.74, 6) is -0.765. The average molecular weight is 434 g/mol. The van der Waals surface area contributed by atoms with Crippen LogP contribution < -0.4 is 11.1 Å². The number of anilines is 1. The van der Waals surface area contributed by atoms with Gasteiger partial charge in [0.1, 0.15) is 30.1 Å². The Kier molecular flexibility index (Phi) is 4.81. The minimum Gasteiger partial charge on any atom is -0.462 e. The van der Waals surface area contributed by atoms with Crippen molar-refractivity contribution < 1.29 is 13.9 Å². The first kappa shape index (κ1) is 19.4. The molecule has 4 rings (SSSR count). The van der Waals surface area contributed by atoms with Crippen LogP contribution in [0.25, 0.3) is 0 Å². The molecule has 1 unspecified atom stereocenters. The third kappa shape index (κ3) is 3.37. The number of halogens is 3. The van der Waals surface area contributed by atoms with Gasteiger partial charge in [-0.25, -0.2) is 14.4 Å². The van der Waals surface area contributed by atoms with Crippen molar-refractivity contribution >= 4 is 40.8 Å². The van der Waals surface area contributed by atoms with Crippen LogP contribution in [0.15, 0.2) is 35.5 Å². The van der Waals surface area contributed by atoms with Crippen molar-refractivity contribution in [3.8, 4) is 6.07 Å². The lowest BCUT2D eigenvalue weighted by Crippen LogP contribution is -2.39. The third-order valence-corrected chi connectivity index (χ3v) is 5.62.